The van der Waals surface area contributed by atoms with Crippen molar-refractivity contribution in [3.05, 3.63) is 89.1 Å². The molecule has 1 aliphatic rings. The van der Waals surface area contributed by atoms with Gasteiger partial charge in [-0.3, -0.25) is 4.90 Å². The molecule has 0 saturated carbocycles. The highest BCUT2D eigenvalue weighted by atomic mass is 35.5. The van der Waals surface area contributed by atoms with Gasteiger partial charge >= 0.3 is 6.09 Å². The number of carbonyl (C=O) groups is 1. The number of aliphatic hydroxyl groups is 1. The Hall–Kier alpha value is -3.09. The summed E-state index contributed by atoms with van der Waals surface area (Å²) in [4.78, 5) is 17.9. The molecule has 0 radical (unpaired) electrons. The van der Waals surface area contributed by atoms with Gasteiger partial charge in [-0.15, -0.1) is 0 Å². The molecule has 1 saturated heterocycles. The third-order valence-corrected chi connectivity index (χ3v) is 5.17. The monoisotopic (exact) mass is 424 g/mol. The molecule has 4 rings (SSSR count). The number of pyridine rings is 1. The first kappa shape index (κ1) is 20.2. The van der Waals surface area contributed by atoms with Crippen LogP contribution in [0.2, 0.25) is 5.02 Å². The molecule has 0 bridgehead atoms. The van der Waals surface area contributed by atoms with E-state index in [0.717, 1.165) is 5.56 Å². The summed E-state index contributed by atoms with van der Waals surface area (Å²) in [6.07, 6.45) is 1.02. The Morgan fingerprint density at radius 3 is 2.73 bits per heavy atom. The Bertz CT molecular complexity index is 998. The van der Waals surface area contributed by atoms with Crippen molar-refractivity contribution in [2.24, 2.45) is 0 Å². The Kier molecular flexibility index (Phi) is 6.16. The predicted molar refractivity (Wildman–Crippen MR) is 113 cm³/mol. The fraction of sp³-hybridized carbons (Fsp3) is 0.217. The molecule has 2 heterocycles. The van der Waals surface area contributed by atoms with Gasteiger partial charge in [-0.05, 0) is 47.9 Å². The van der Waals surface area contributed by atoms with E-state index in [-0.39, 0.29) is 19.2 Å². The highest BCUT2D eigenvalue weighted by Gasteiger charge is 2.34. The van der Waals surface area contributed by atoms with Gasteiger partial charge in [0.2, 0.25) is 5.88 Å². The molecule has 2 aromatic carbocycles. The van der Waals surface area contributed by atoms with E-state index in [0.29, 0.717) is 28.6 Å². The molecule has 1 N–H and O–H groups in total. The number of β-amino-alcohol motifs (C(OH)–C–C–N with tert-alkyl or cyclic N) is 1. The second-order valence-corrected chi connectivity index (χ2v) is 7.51. The SMILES string of the molecule is O=C1OC[C@H](Cc2ccc(Oc3ccccn3)cc2)N1C[C@H](O)c1cccc(Cl)c1. The van der Waals surface area contributed by atoms with Gasteiger partial charge < -0.3 is 14.6 Å². The van der Waals surface area contributed by atoms with Crippen LogP contribution in [0.15, 0.2) is 72.9 Å². The minimum atomic E-state index is -0.842. The van der Waals surface area contributed by atoms with E-state index in [1.807, 2.05) is 36.4 Å². The van der Waals surface area contributed by atoms with Crippen LogP contribution in [0.5, 0.6) is 11.6 Å². The number of halogens is 1. The van der Waals surface area contributed by atoms with Gasteiger partial charge in [-0.1, -0.05) is 41.9 Å². The first-order valence-corrected chi connectivity index (χ1v) is 10.0. The van der Waals surface area contributed by atoms with E-state index in [4.69, 9.17) is 21.1 Å². The van der Waals surface area contributed by atoms with Crippen molar-refractivity contribution < 1.29 is 19.4 Å². The lowest BCUT2D eigenvalue weighted by atomic mass is 10.0. The van der Waals surface area contributed by atoms with Crippen LogP contribution < -0.4 is 4.74 Å². The molecular weight excluding hydrogens is 404 g/mol. The molecule has 0 aliphatic carbocycles. The molecule has 1 amide bonds. The van der Waals surface area contributed by atoms with E-state index >= 15 is 0 Å². The number of aliphatic hydroxyl groups excluding tert-OH is 1. The van der Waals surface area contributed by atoms with Crippen molar-refractivity contribution in [3.8, 4) is 11.6 Å². The molecule has 1 fully saturated rings. The number of aromatic nitrogens is 1. The van der Waals surface area contributed by atoms with Crippen LogP contribution in [-0.4, -0.2) is 40.3 Å². The second-order valence-electron chi connectivity index (χ2n) is 7.07. The third kappa shape index (κ3) is 4.90. The lowest BCUT2D eigenvalue weighted by molar-refractivity contribution is 0.110. The van der Waals surface area contributed by atoms with Crippen LogP contribution in [0.1, 0.15) is 17.2 Å². The zero-order valence-electron chi connectivity index (χ0n) is 16.1. The molecule has 0 spiro atoms. The average Bonchev–Trinajstić information content (AvgIpc) is 3.09. The van der Waals surface area contributed by atoms with Crippen LogP contribution in [0, 0.1) is 0 Å². The Morgan fingerprint density at radius 2 is 2.00 bits per heavy atom. The van der Waals surface area contributed by atoms with Crippen LogP contribution in [0.4, 0.5) is 4.79 Å². The zero-order chi connectivity index (χ0) is 20.9. The minimum Gasteiger partial charge on any atom is -0.447 e. The first-order chi connectivity index (χ1) is 14.6. The molecule has 3 aromatic rings. The molecule has 154 valence electrons. The van der Waals surface area contributed by atoms with Crippen molar-refractivity contribution in [1.82, 2.24) is 9.88 Å². The van der Waals surface area contributed by atoms with Gasteiger partial charge in [-0.25, -0.2) is 9.78 Å². The van der Waals surface area contributed by atoms with E-state index in [1.54, 1.807) is 41.4 Å². The summed E-state index contributed by atoms with van der Waals surface area (Å²) in [6, 6.07) is 20.0. The van der Waals surface area contributed by atoms with Gasteiger partial charge in [0.15, 0.2) is 0 Å². The number of ether oxygens (including phenoxy) is 2. The molecular formula is C23H21ClN2O4. The maximum atomic E-state index is 12.2. The maximum Gasteiger partial charge on any atom is 0.410 e. The number of amides is 1. The fourth-order valence-corrected chi connectivity index (χ4v) is 3.58. The topological polar surface area (TPSA) is 71.9 Å². The number of hydrogen-bond donors (Lipinski definition) is 1. The van der Waals surface area contributed by atoms with Crippen LogP contribution in [-0.2, 0) is 11.2 Å². The standard InChI is InChI=1S/C23H21ClN2O4/c24-18-5-3-4-17(13-18)21(27)14-26-19(15-29-23(26)28)12-16-7-9-20(10-8-16)30-22-6-1-2-11-25-22/h1-11,13,19,21,27H,12,14-15H2/t19-,21-/m0/s1. The summed E-state index contributed by atoms with van der Waals surface area (Å²) in [6.45, 7) is 0.429. The lowest BCUT2D eigenvalue weighted by Gasteiger charge is -2.24. The lowest BCUT2D eigenvalue weighted by Crippen LogP contribution is -2.38. The molecule has 7 heteroatoms. The number of cyclic esters (lactones) is 1. The van der Waals surface area contributed by atoms with Gasteiger partial charge in [0, 0.05) is 17.3 Å². The molecule has 0 unspecified atom stereocenters. The summed E-state index contributed by atoms with van der Waals surface area (Å²) in [5, 5.41) is 11.1. The smallest absolute Gasteiger partial charge is 0.410 e. The zero-order valence-corrected chi connectivity index (χ0v) is 16.9. The number of hydrogen-bond acceptors (Lipinski definition) is 5. The normalized spacial score (nSPS) is 16.9. The van der Waals surface area contributed by atoms with Crippen LogP contribution in [0.25, 0.3) is 0 Å². The Labute approximate surface area is 179 Å². The van der Waals surface area contributed by atoms with Gasteiger partial charge in [0.1, 0.15) is 12.4 Å². The number of rotatable bonds is 7. The van der Waals surface area contributed by atoms with E-state index in [9.17, 15) is 9.90 Å². The molecule has 6 nitrogen and oxygen atoms in total. The second kappa shape index (κ2) is 9.15. The van der Waals surface area contributed by atoms with E-state index in [2.05, 4.69) is 4.98 Å². The average molecular weight is 425 g/mol. The maximum absolute atomic E-state index is 12.2. The van der Waals surface area contributed by atoms with E-state index < -0.39 is 12.2 Å². The van der Waals surface area contributed by atoms with Crippen molar-refractivity contribution in [2.45, 2.75) is 18.6 Å². The van der Waals surface area contributed by atoms with E-state index in [1.165, 1.54) is 0 Å². The Morgan fingerprint density at radius 1 is 1.17 bits per heavy atom. The van der Waals surface area contributed by atoms with Crippen molar-refractivity contribution >= 4 is 17.7 Å². The number of benzene rings is 2. The van der Waals surface area contributed by atoms with Crippen LogP contribution in [0.3, 0.4) is 0 Å². The highest BCUT2D eigenvalue weighted by molar-refractivity contribution is 6.30. The molecule has 30 heavy (non-hydrogen) atoms. The summed E-state index contributed by atoms with van der Waals surface area (Å²) in [7, 11) is 0. The third-order valence-electron chi connectivity index (χ3n) is 4.93. The van der Waals surface area contributed by atoms with Gasteiger partial charge in [-0.2, -0.15) is 0 Å². The first-order valence-electron chi connectivity index (χ1n) is 9.63. The molecule has 2 atom stereocenters. The number of nitrogens with zero attached hydrogens (tertiary/aromatic N) is 2. The number of carbonyl (C=O) groups excluding carboxylic acids is 1. The minimum absolute atomic E-state index is 0.144. The Balaban J connectivity index is 1.40. The summed E-state index contributed by atoms with van der Waals surface area (Å²) >= 11 is 6.00. The predicted octanol–water partition coefficient (Wildman–Crippen LogP) is 4.62. The summed E-state index contributed by atoms with van der Waals surface area (Å²) in [5.41, 5.74) is 1.70. The van der Waals surface area contributed by atoms with Crippen LogP contribution >= 0.6 is 11.6 Å². The summed E-state index contributed by atoms with van der Waals surface area (Å²) in [5.74, 6) is 1.21. The van der Waals surface area contributed by atoms with Crippen molar-refractivity contribution in [2.75, 3.05) is 13.2 Å². The fourth-order valence-electron chi connectivity index (χ4n) is 3.38. The largest absolute Gasteiger partial charge is 0.447 e. The quantitative estimate of drug-likeness (QED) is 0.599. The van der Waals surface area contributed by atoms with Gasteiger partial charge in [0.25, 0.3) is 0 Å². The van der Waals surface area contributed by atoms with Crippen molar-refractivity contribution in [3.63, 3.8) is 0 Å². The highest BCUT2D eigenvalue weighted by Crippen LogP contribution is 2.25. The van der Waals surface area contributed by atoms with Gasteiger partial charge in [0.05, 0.1) is 18.7 Å². The molecule has 1 aromatic heterocycles. The molecule has 1 aliphatic heterocycles. The summed E-state index contributed by atoms with van der Waals surface area (Å²) < 4.78 is 10.9. The van der Waals surface area contributed by atoms with Crippen molar-refractivity contribution in [1.29, 1.82) is 0 Å².